The minimum Gasteiger partial charge on any atom is -0.255 e. The Bertz CT molecular complexity index is 660. The number of nitrogens with zero attached hydrogens (tertiary/aromatic N) is 2. The van der Waals surface area contributed by atoms with Crippen LogP contribution >= 0.6 is 0 Å². The molecule has 0 unspecified atom stereocenters. The quantitative estimate of drug-likeness (QED) is 0.626. The van der Waals surface area contributed by atoms with Crippen molar-refractivity contribution in [3.8, 4) is 11.3 Å². The van der Waals surface area contributed by atoms with Crippen molar-refractivity contribution in [2.24, 2.45) is 0 Å². The van der Waals surface area contributed by atoms with Crippen LogP contribution in [0.3, 0.4) is 0 Å². The number of benzene rings is 1. The van der Waals surface area contributed by atoms with Crippen molar-refractivity contribution in [3.05, 3.63) is 60.3 Å². The molecule has 0 aliphatic rings. The van der Waals surface area contributed by atoms with Gasteiger partial charge in [-0.25, -0.2) is 4.98 Å². The molecule has 2 heteroatoms. The molecule has 0 atom stereocenters. The molecule has 17 heavy (non-hydrogen) atoms. The maximum atomic E-state index is 4.68. The average Bonchev–Trinajstić information content (AvgIpc) is 2.39. The molecule has 2 aromatic heterocycles. The molecule has 0 spiro atoms. The number of aryl methyl sites for hydroxylation is 1. The lowest BCUT2D eigenvalue weighted by Crippen LogP contribution is -1.91. The minimum atomic E-state index is 0.942. The number of aromatic nitrogens is 2. The molecule has 0 fully saturated rings. The summed E-state index contributed by atoms with van der Waals surface area (Å²) in [6, 6.07) is 16.2. The highest BCUT2D eigenvalue weighted by Gasteiger charge is 2.05. The van der Waals surface area contributed by atoms with Gasteiger partial charge in [0.25, 0.3) is 0 Å². The van der Waals surface area contributed by atoms with Crippen molar-refractivity contribution in [1.29, 1.82) is 0 Å². The molecule has 3 rings (SSSR count). The molecule has 0 saturated heterocycles. The Kier molecular flexibility index (Phi) is 2.33. The Labute approximate surface area is 100.0 Å². The summed E-state index contributed by atoms with van der Waals surface area (Å²) < 4.78 is 0. The van der Waals surface area contributed by atoms with Gasteiger partial charge >= 0.3 is 0 Å². The Morgan fingerprint density at radius 2 is 1.71 bits per heavy atom. The van der Waals surface area contributed by atoms with E-state index in [1.54, 1.807) is 6.20 Å². The average molecular weight is 220 g/mol. The first-order valence-electron chi connectivity index (χ1n) is 5.62. The number of hydrogen-bond acceptors (Lipinski definition) is 2. The van der Waals surface area contributed by atoms with Crippen LogP contribution < -0.4 is 0 Å². The van der Waals surface area contributed by atoms with Gasteiger partial charge in [0, 0.05) is 11.8 Å². The van der Waals surface area contributed by atoms with Crippen LogP contribution in [-0.2, 0) is 0 Å². The number of pyridine rings is 2. The molecule has 1 aromatic carbocycles. The van der Waals surface area contributed by atoms with Crippen molar-refractivity contribution in [1.82, 2.24) is 9.97 Å². The van der Waals surface area contributed by atoms with Gasteiger partial charge in [-0.2, -0.15) is 0 Å². The highest BCUT2D eigenvalue weighted by atomic mass is 14.8. The molecule has 0 aliphatic carbocycles. The molecule has 0 bridgehead atoms. The van der Waals surface area contributed by atoms with E-state index in [9.17, 15) is 0 Å². The van der Waals surface area contributed by atoms with Crippen LogP contribution in [0.1, 0.15) is 5.56 Å². The second kappa shape index (κ2) is 3.98. The van der Waals surface area contributed by atoms with E-state index in [0.717, 1.165) is 27.9 Å². The Balaban J connectivity index is 2.27. The third-order valence-electron chi connectivity index (χ3n) is 2.82. The highest BCUT2D eigenvalue weighted by molar-refractivity contribution is 5.79. The van der Waals surface area contributed by atoms with Crippen LogP contribution in [0.25, 0.3) is 22.3 Å². The van der Waals surface area contributed by atoms with Gasteiger partial charge in [0.1, 0.15) is 0 Å². The van der Waals surface area contributed by atoms with E-state index in [2.05, 4.69) is 35.1 Å². The summed E-state index contributed by atoms with van der Waals surface area (Å²) in [5, 5.41) is 0. The van der Waals surface area contributed by atoms with E-state index < -0.39 is 0 Å². The van der Waals surface area contributed by atoms with Gasteiger partial charge in [-0.3, -0.25) is 4.98 Å². The third-order valence-corrected chi connectivity index (χ3v) is 2.82. The Hall–Kier alpha value is -2.22. The van der Waals surface area contributed by atoms with Gasteiger partial charge < -0.3 is 0 Å². The zero-order valence-electron chi connectivity index (χ0n) is 9.59. The zero-order chi connectivity index (χ0) is 11.7. The Morgan fingerprint density at radius 1 is 0.882 bits per heavy atom. The summed E-state index contributed by atoms with van der Waals surface area (Å²) in [5.41, 5.74) is 5.23. The smallest absolute Gasteiger partial charge is 0.0894 e. The van der Waals surface area contributed by atoms with E-state index in [4.69, 9.17) is 0 Å². The van der Waals surface area contributed by atoms with E-state index in [1.165, 1.54) is 0 Å². The number of fused-ring (bicyclic) bond motifs is 1. The van der Waals surface area contributed by atoms with Crippen molar-refractivity contribution < 1.29 is 0 Å². The molecule has 3 aromatic rings. The highest BCUT2D eigenvalue weighted by Crippen LogP contribution is 2.23. The first kappa shape index (κ1) is 9.97. The molecule has 0 aliphatic heterocycles. The second-order valence-electron chi connectivity index (χ2n) is 4.06. The first-order chi connectivity index (χ1) is 8.34. The van der Waals surface area contributed by atoms with E-state index in [-0.39, 0.29) is 0 Å². The standard InChI is InChI=1S/C15H12N2/c1-11-10-14-13(8-5-9-16-14)17-15(11)12-6-3-2-4-7-12/h2-10H,1H3. The molecule has 0 saturated carbocycles. The van der Waals surface area contributed by atoms with Crippen LogP contribution in [0.4, 0.5) is 0 Å². The summed E-state index contributed by atoms with van der Waals surface area (Å²) in [6.07, 6.45) is 1.80. The van der Waals surface area contributed by atoms with Gasteiger partial charge in [0.05, 0.1) is 16.7 Å². The summed E-state index contributed by atoms with van der Waals surface area (Å²) in [6.45, 7) is 2.07. The monoisotopic (exact) mass is 220 g/mol. The van der Waals surface area contributed by atoms with Gasteiger partial charge in [-0.05, 0) is 30.7 Å². The van der Waals surface area contributed by atoms with Crippen LogP contribution in [0, 0.1) is 6.92 Å². The van der Waals surface area contributed by atoms with Crippen LogP contribution in [0.5, 0.6) is 0 Å². The summed E-state index contributed by atoms with van der Waals surface area (Å²) >= 11 is 0. The fourth-order valence-electron chi connectivity index (χ4n) is 1.99. The predicted octanol–water partition coefficient (Wildman–Crippen LogP) is 3.61. The van der Waals surface area contributed by atoms with Crippen LogP contribution in [0.2, 0.25) is 0 Å². The fourth-order valence-corrected chi connectivity index (χ4v) is 1.99. The summed E-state index contributed by atoms with van der Waals surface area (Å²) in [7, 11) is 0. The van der Waals surface area contributed by atoms with Gasteiger partial charge in [0.2, 0.25) is 0 Å². The lowest BCUT2D eigenvalue weighted by Gasteiger charge is -2.06. The SMILES string of the molecule is Cc1cc2ncccc2nc1-c1ccccc1. The molecule has 2 heterocycles. The van der Waals surface area contributed by atoms with Crippen molar-refractivity contribution in [2.75, 3.05) is 0 Å². The Morgan fingerprint density at radius 3 is 2.53 bits per heavy atom. The van der Waals surface area contributed by atoms with Gasteiger partial charge in [-0.1, -0.05) is 30.3 Å². The number of rotatable bonds is 1. The van der Waals surface area contributed by atoms with Gasteiger partial charge in [-0.15, -0.1) is 0 Å². The first-order valence-corrected chi connectivity index (χ1v) is 5.62. The van der Waals surface area contributed by atoms with Gasteiger partial charge in [0.15, 0.2) is 0 Å². The maximum Gasteiger partial charge on any atom is 0.0894 e. The molecular weight excluding hydrogens is 208 g/mol. The molecule has 0 N–H and O–H groups in total. The topological polar surface area (TPSA) is 25.8 Å². The van der Waals surface area contributed by atoms with Crippen LogP contribution in [-0.4, -0.2) is 9.97 Å². The lowest BCUT2D eigenvalue weighted by atomic mass is 10.1. The molecule has 0 radical (unpaired) electrons. The molecular formula is C15H12N2. The fraction of sp³-hybridized carbons (Fsp3) is 0.0667. The van der Waals surface area contributed by atoms with Crippen molar-refractivity contribution in [2.45, 2.75) is 6.92 Å². The predicted molar refractivity (Wildman–Crippen MR) is 69.7 cm³/mol. The molecule has 82 valence electrons. The largest absolute Gasteiger partial charge is 0.255 e. The normalized spacial score (nSPS) is 10.6. The summed E-state index contributed by atoms with van der Waals surface area (Å²) in [4.78, 5) is 9.00. The number of hydrogen-bond donors (Lipinski definition) is 0. The van der Waals surface area contributed by atoms with Crippen molar-refractivity contribution >= 4 is 11.0 Å². The summed E-state index contributed by atoms with van der Waals surface area (Å²) in [5.74, 6) is 0. The maximum absolute atomic E-state index is 4.68. The minimum absolute atomic E-state index is 0.942. The van der Waals surface area contributed by atoms with E-state index in [0.29, 0.717) is 0 Å². The van der Waals surface area contributed by atoms with Crippen molar-refractivity contribution in [3.63, 3.8) is 0 Å². The third kappa shape index (κ3) is 1.78. The second-order valence-corrected chi connectivity index (χ2v) is 4.06. The molecule has 2 nitrogen and oxygen atoms in total. The van der Waals surface area contributed by atoms with E-state index >= 15 is 0 Å². The van der Waals surface area contributed by atoms with E-state index in [1.807, 2.05) is 30.3 Å². The molecule has 0 amide bonds. The van der Waals surface area contributed by atoms with Crippen LogP contribution in [0.15, 0.2) is 54.7 Å². The lowest BCUT2D eigenvalue weighted by molar-refractivity contribution is 1.29. The zero-order valence-corrected chi connectivity index (χ0v) is 9.59.